The molecule has 8 heteroatoms. The van der Waals surface area contributed by atoms with Crippen LogP contribution in [0.5, 0.6) is 5.75 Å². The number of aromatic hydroxyl groups is 1. The molecule has 1 saturated carbocycles. The normalized spacial score (nSPS) is 21.2. The van der Waals surface area contributed by atoms with Gasteiger partial charge in [0.05, 0.1) is 5.52 Å². The van der Waals surface area contributed by atoms with E-state index in [4.69, 9.17) is 0 Å². The molecule has 0 bridgehead atoms. The molecule has 0 saturated heterocycles. The van der Waals surface area contributed by atoms with Crippen molar-refractivity contribution in [1.29, 1.82) is 0 Å². The second kappa shape index (κ2) is 7.25. The quantitative estimate of drug-likeness (QED) is 0.452. The van der Waals surface area contributed by atoms with Crippen molar-refractivity contribution in [3.8, 4) is 11.4 Å². The Hall–Kier alpha value is -3.03. The third-order valence-electron chi connectivity index (χ3n) is 6.52. The topological polar surface area (TPSA) is 62.5 Å². The number of carboxylic acid groups (broad SMARTS) is 1. The summed E-state index contributed by atoms with van der Waals surface area (Å²) in [6.45, 7) is 5.43. The highest BCUT2D eigenvalue weighted by Crippen LogP contribution is 2.61. The minimum Gasteiger partial charge on any atom is -0.508 e. The molecule has 3 aromatic rings. The second-order valence-corrected chi connectivity index (χ2v) is 8.91. The Morgan fingerprint density at radius 2 is 1.81 bits per heavy atom. The lowest BCUT2D eigenvalue weighted by Gasteiger charge is -2.45. The number of aryl methyl sites for hydroxylation is 1. The summed E-state index contributed by atoms with van der Waals surface area (Å²) in [6, 6.07) is 9.26. The molecule has 0 amide bonds. The molecule has 1 heterocycles. The molecular weight excluding hydrogens is 426 g/mol. The van der Waals surface area contributed by atoms with Crippen LogP contribution in [-0.4, -0.2) is 26.9 Å². The zero-order valence-electron chi connectivity index (χ0n) is 17.8. The number of alkyl halides is 3. The average Bonchev–Trinajstić information content (AvgIpc) is 2.96. The third-order valence-corrected chi connectivity index (χ3v) is 6.52. The van der Waals surface area contributed by atoms with Crippen molar-refractivity contribution < 1.29 is 32.6 Å². The summed E-state index contributed by atoms with van der Waals surface area (Å²) >= 11 is 0. The predicted molar refractivity (Wildman–Crippen MR) is 112 cm³/mol. The number of rotatable bonds is 4. The van der Waals surface area contributed by atoms with E-state index >= 15 is 0 Å². The van der Waals surface area contributed by atoms with Crippen LogP contribution in [0, 0.1) is 18.2 Å². The summed E-state index contributed by atoms with van der Waals surface area (Å²) in [5.41, 5.74) is 0.284. The molecule has 0 unspecified atom stereocenters. The number of hydrogen-bond donors (Lipinski definition) is 2. The Labute approximate surface area is 182 Å². The van der Waals surface area contributed by atoms with Gasteiger partial charge in [0.25, 0.3) is 0 Å². The van der Waals surface area contributed by atoms with Crippen LogP contribution in [0.1, 0.15) is 55.3 Å². The van der Waals surface area contributed by atoms with Crippen LogP contribution in [0.25, 0.3) is 16.6 Å². The fraction of sp³-hybridized carbons (Fsp3) is 0.375. The molecule has 2 aromatic carbocycles. The van der Waals surface area contributed by atoms with E-state index < -0.39 is 36.3 Å². The summed E-state index contributed by atoms with van der Waals surface area (Å²) in [6.07, 6.45) is -5.99. The predicted octanol–water partition coefficient (Wildman–Crippen LogP) is 6.42. The van der Waals surface area contributed by atoms with Gasteiger partial charge in [-0.2, -0.15) is 13.2 Å². The summed E-state index contributed by atoms with van der Waals surface area (Å²) in [4.78, 5) is 11.6. The molecule has 1 aromatic heterocycles. The second-order valence-electron chi connectivity index (χ2n) is 8.91. The SMILES string of the molecule is Cc1cc(-n2c(C(C)C)c([C@H]3C[C@@](C(=O)O)(C(F)(F)F)C3)c3cc(O)ccc32)ccc1F. The van der Waals surface area contributed by atoms with E-state index in [0.717, 1.165) is 5.69 Å². The molecular formula is C24H23F4NO3. The van der Waals surface area contributed by atoms with Gasteiger partial charge in [-0.3, -0.25) is 4.79 Å². The van der Waals surface area contributed by atoms with Gasteiger partial charge in [-0.1, -0.05) is 13.8 Å². The average molecular weight is 449 g/mol. The molecule has 32 heavy (non-hydrogen) atoms. The van der Waals surface area contributed by atoms with Crippen molar-refractivity contribution >= 4 is 16.9 Å². The van der Waals surface area contributed by atoms with Crippen molar-refractivity contribution in [1.82, 2.24) is 4.57 Å². The van der Waals surface area contributed by atoms with E-state index in [9.17, 15) is 32.6 Å². The van der Waals surface area contributed by atoms with Gasteiger partial charge in [0.1, 0.15) is 11.6 Å². The van der Waals surface area contributed by atoms with Crippen LogP contribution >= 0.6 is 0 Å². The van der Waals surface area contributed by atoms with Crippen molar-refractivity contribution in [3.05, 3.63) is 59.0 Å². The number of halogens is 4. The summed E-state index contributed by atoms with van der Waals surface area (Å²) in [5.74, 6) is -3.05. The molecule has 1 fully saturated rings. The first-order valence-electron chi connectivity index (χ1n) is 10.3. The molecule has 1 aliphatic rings. The van der Waals surface area contributed by atoms with Crippen LogP contribution in [0.4, 0.5) is 17.6 Å². The van der Waals surface area contributed by atoms with Gasteiger partial charge in [-0.15, -0.1) is 0 Å². The number of benzene rings is 2. The molecule has 1 aliphatic carbocycles. The van der Waals surface area contributed by atoms with E-state index in [1.54, 1.807) is 25.1 Å². The molecule has 2 N–H and O–H groups in total. The monoisotopic (exact) mass is 449 g/mol. The van der Waals surface area contributed by atoms with Crippen molar-refractivity contribution in [3.63, 3.8) is 0 Å². The number of carbonyl (C=O) groups is 1. The fourth-order valence-corrected chi connectivity index (χ4v) is 4.88. The highest BCUT2D eigenvalue weighted by Gasteiger charge is 2.67. The number of aromatic nitrogens is 1. The maximum absolute atomic E-state index is 13.9. The van der Waals surface area contributed by atoms with Crippen molar-refractivity contribution in [2.45, 2.75) is 51.6 Å². The number of carboxylic acids is 1. The molecule has 170 valence electrons. The number of phenolic OH excluding ortho intramolecular Hbond substituents is 1. The third kappa shape index (κ3) is 3.15. The zero-order chi connectivity index (χ0) is 23.6. The Morgan fingerprint density at radius 3 is 2.34 bits per heavy atom. The first kappa shape index (κ1) is 22.2. The van der Waals surface area contributed by atoms with Crippen LogP contribution in [0.2, 0.25) is 0 Å². The van der Waals surface area contributed by atoms with Gasteiger partial charge in [0.2, 0.25) is 0 Å². The minimum atomic E-state index is -4.86. The van der Waals surface area contributed by atoms with E-state index in [1.165, 1.54) is 18.2 Å². The Balaban J connectivity index is 1.96. The number of hydrogen-bond acceptors (Lipinski definition) is 2. The standard InChI is InChI=1S/C24H23F4NO3/c1-12(2)21-20(14-10-23(11-14,22(31)32)24(26,27)28)17-9-16(30)5-7-19(17)29(21)15-4-6-18(25)13(3)8-15/h4-9,12,14,30H,10-11H2,1-3H3,(H,31,32)/t14-,23+. The van der Waals surface area contributed by atoms with E-state index in [0.29, 0.717) is 27.7 Å². The van der Waals surface area contributed by atoms with E-state index in [1.807, 2.05) is 18.4 Å². The van der Waals surface area contributed by atoms with Gasteiger partial charge in [-0.25, -0.2) is 4.39 Å². The summed E-state index contributed by atoms with van der Waals surface area (Å²) in [7, 11) is 0. The lowest BCUT2D eigenvalue weighted by atomic mass is 9.58. The van der Waals surface area contributed by atoms with Crippen LogP contribution in [-0.2, 0) is 4.79 Å². The maximum atomic E-state index is 13.9. The van der Waals surface area contributed by atoms with Gasteiger partial charge in [0.15, 0.2) is 5.41 Å². The lowest BCUT2D eigenvalue weighted by molar-refractivity contribution is -0.256. The largest absolute Gasteiger partial charge is 0.508 e. The molecule has 0 atom stereocenters. The maximum Gasteiger partial charge on any atom is 0.404 e. The highest BCUT2D eigenvalue weighted by atomic mass is 19.4. The number of phenols is 1. The fourth-order valence-electron chi connectivity index (χ4n) is 4.88. The van der Waals surface area contributed by atoms with Crippen LogP contribution in [0.3, 0.4) is 0 Å². The Kier molecular flexibility index (Phi) is 5.02. The Bertz CT molecular complexity index is 1220. The van der Waals surface area contributed by atoms with Gasteiger partial charge in [-0.05, 0) is 79.1 Å². The number of fused-ring (bicyclic) bond motifs is 1. The smallest absolute Gasteiger partial charge is 0.404 e. The van der Waals surface area contributed by atoms with Gasteiger partial charge < -0.3 is 14.8 Å². The summed E-state index contributed by atoms with van der Waals surface area (Å²) in [5, 5.41) is 20.0. The molecule has 0 aliphatic heterocycles. The molecule has 0 spiro atoms. The summed E-state index contributed by atoms with van der Waals surface area (Å²) < 4.78 is 56.6. The zero-order valence-corrected chi connectivity index (χ0v) is 17.8. The Morgan fingerprint density at radius 1 is 1.16 bits per heavy atom. The van der Waals surface area contributed by atoms with Crippen LogP contribution in [0.15, 0.2) is 36.4 Å². The lowest BCUT2D eigenvalue weighted by Crippen LogP contribution is -2.53. The molecule has 4 nitrogen and oxygen atoms in total. The molecule has 4 rings (SSSR count). The number of aliphatic carboxylic acids is 1. The minimum absolute atomic E-state index is 0.0406. The van der Waals surface area contributed by atoms with E-state index in [-0.39, 0.29) is 17.5 Å². The van der Waals surface area contributed by atoms with E-state index in [2.05, 4.69) is 0 Å². The molecule has 0 radical (unpaired) electrons. The first-order valence-corrected chi connectivity index (χ1v) is 10.3. The number of nitrogens with zero attached hydrogens (tertiary/aromatic N) is 1. The highest BCUT2D eigenvalue weighted by molar-refractivity contribution is 5.90. The van der Waals surface area contributed by atoms with Crippen molar-refractivity contribution in [2.24, 2.45) is 5.41 Å². The van der Waals surface area contributed by atoms with Crippen LogP contribution < -0.4 is 0 Å². The first-order chi connectivity index (χ1) is 14.9. The van der Waals surface area contributed by atoms with Crippen molar-refractivity contribution in [2.75, 3.05) is 0 Å². The van der Waals surface area contributed by atoms with Gasteiger partial charge >= 0.3 is 12.1 Å². The van der Waals surface area contributed by atoms with Gasteiger partial charge in [0, 0.05) is 16.8 Å².